The molecular formula is C19H24N4O3S2. The summed E-state index contributed by atoms with van der Waals surface area (Å²) in [6.07, 6.45) is 3.37. The van der Waals surface area contributed by atoms with Crippen LogP contribution in [0.5, 0.6) is 11.5 Å². The molecule has 9 heteroatoms. The second-order valence-electron chi connectivity index (χ2n) is 6.00. The van der Waals surface area contributed by atoms with E-state index in [9.17, 15) is 4.79 Å². The van der Waals surface area contributed by atoms with Crippen molar-refractivity contribution >= 4 is 35.2 Å². The van der Waals surface area contributed by atoms with Crippen LogP contribution in [0.25, 0.3) is 0 Å². The first-order valence-electron chi connectivity index (χ1n) is 8.96. The number of rotatable bonds is 8. The van der Waals surface area contributed by atoms with Gasteiger partial charge in [0.1, 0.15) is 5.03 Å². The number of benzene rings is 1. The van der Waals surface area contributed by atoms with E-state index >= 15 is 0 Å². The van der Waals surface area contributed by atoms with E-state index in [1.54, 1.807) is 26.6 Å². The molecule has 0 radical (unpaired) electrons. The SMILES string of the molecule is COc1cccc(CNC(=O)CSc2nccnc2N2CCSCC2)c1OC. The highest BCUT2D eigenvalue weighted by molar-refractivity contribution is 8.00. The summed E-state index contributed by atoms with van der Waals surface area (Å²) in [6, 6.07) is 5.61. The van der Waals surface area contributed by atoms with E-state index in [1.165, 1.54) is 11.8 Å². The zero-order chi connectivity index (χ0) is 19.8. The minimum atomic E-state index is -0.0688. The molecule has 7 nitrogen and oxygen atoms in total. The monoisotopic (exact) mass is 420 g/mol. The third-order valence-electron chi connectivity index (χ3n) is 4.26. The molecule has 0 atom stereocenters. The molecule has 1 fully saturated rings. The summed E-state index contributed by atoms with van der Waals surface area (Å²) in [4.78, 5) is 23.5. The van der Waals surface area contributed by atoms with Gasteiger partial charge >= 0.3 is 0 Å². The van der Waals surface area contributed by atoms with E-state index in [-0.39, 0.29) is 11.7 Å². The third kappa shape index (κ3) is 5.23. The van der Waals surface area contributed by atoms with Gasteiger partial charge in [-0.15, -0.1) is 0 Å². The fraction of sp³-hybridized carbons (Fsp3) is 0.421. The topological polar surface area (TPSA) is 76.6 Å². The second kappa shape index (κ2) is 10.4. The molecule has 1 aliphatic rings. The summed E-state index contributed by atoms with van der Waals surface area (Å²) in [7, 11) is 3.18. The molecule has 2 aromatic rings. The van der Waals surface area contributed by atoms with E-state index < -0.39 is 0 Å². The number of amides is 1. The fourth-order valence-electron chi connectivity index (χ4n) is 2.88. The number of aromatic nitrogens is 2. The lowest BCUT2D eigenvalue weighted by Crippen LogP contribution is -2.33. The van der Waals surface area contributed by atoms with Crippen molar-refractivity contribution < 1.29 is 14.3 Å². The number of methoxy groups -OCH3 is 2. The quantitative estimate of drug-likeness (QED) is 0.653. The van der Waals surface area contributed by atoms with Crippen molar-refractivity contribution in [2.45, 2.75) is 11.6 Å². The normalized spacial score (nSPS) is 13.9. The van der Waals surface area contributed by atoms with Gasteiger partial charge in [-0.2, -0.15) is 11.8 Å². The zero-order valence-corrected chi connectivity index (χ0v) is 17.6. The number of nitrogens with one attached hydrogen (secondary N) is 1. The Balaban J connectivity index is 1.57. The minimum Gasteiger partial charge on any atom is -0.493 e. The van der Waals surface area contributed by atoms with Crippen molar-refractivity contribution in [1.82, 2.24) is 15.3 Å². The lowest BCUT2D eigenvalue weighted by atomic mass is 10.2. The number of carbonyl (C=O) groups excluding carboxylic acids is 1. The van der Waals surface area contributed by atoms with Crippen molar-refractivity contribution in [2.75, 3.05) is 49.5 Å². The fourth-order valence-corrected chi connectivity index (χ4v) is 4.60. The van der Waals surface area contributed by atoms with Crippen LogP contribution in [0.2, 0.25) is 0 Å². The van der Waals surface area contributed by atoms with E-state index in [0.717, 1.165) is 41.0 Å². The number of ether oxygens (including phenoxy) is 2. The summed E-state index contributed by atoms with van der Waals surface area (Å²) in [5, 5.41) is 3.73. The summed E-state index contributed by atoms with van der Waals surface area (Å²) in [5.41, 5.74) is 0.867. The van der Waals surface area contributed by atoms with Gasteiger partial charge in [0.15, 0.2) is 17.3 Å². The van der Waals surface area contributed by atoms with E-state index in [2.05, 4.69) is 20.2 Å². The molecule has 0 aliphatic carbocycles. The lowest BCUT2D eigenvalue weighted by Gasteiger charge is -2.28. The lowest BCUT2D eigenvalue weighted by molar-refractivity contribution is -0.118. The Morgan fingerprint density at radius 2 is 2.00 bits per heavy atom. The Bertz CT molecular complexity index is 800. The van der Waals surface area contributed by atoms with Crippen LogP contribution >= 0.6 is 23.5 Å². The van der Waals surface area contributed by atoms with Crippen molar-refractivity contribution in [1.29, 1.82) is 0 Å². The number of thioether (sulfide) groups is 2. The van der Waals surface area contributed by atoms with Crippen LogP contribution in [-0.4, -0.2) is 60.4 Å². The molecule has 1 aromatic heterocycles. The van der Waals surface area contributed by atoms with Gasteiger partial charge in [-0.3, -0.25) is 4.79 Å². The number of anilines is 1. The van der Waals surface area contributed by atoms with Gasteiger partial charge in [-0.05, 0) is 6.07 Å². The Morgan fingerprint density at radius 3 is 2.75 bits per heavy atom. The van der Waals surface area contributed by atoms with Crippen molar-refractivity contribution in [3.63, 3.8) is 0 Å². The maximum Gasteiger partial charge on any atom is 0.230 e. The molecule has 0 spiro atoms. The molecule has 0 saturated carbocycles. The minimum absolute atomic E-state index is 0.0688. The number of para-hydroxylation sites is 1. The predicted molar refractivity (Wildman–Crippen MR) is 114 cm³/mol. The molecule has 1 aromatic carbocycles. The molecule has 1 aliphatic heterocycles. The first-order valence-corrected chi connectivity index (χ1v) is 11.1. The first kappa shape index (κ1) is 20.6. The maximum atomic E-state index is 12.4. The first-order chi connectivity index (χ1) is 13.7. The van der Waals surface area contributed by atoms with Crippen LogP contribution in [0.3, 0.4) is 0 Å². The average Bonchev–Trinajstić information content (AvgIpc) is 2.76. The number of carbonyl (C=O) groups is 1. The smallest absolute Gasteiger partial charge is 0.230 e. The maximum absolute atomic E-state index is 12.4. The van der Waals surface area contributed by atoms with Crippen LogP contribution in [-0.2, 0) is 11.3 Å². The van der Waals surface area contributed by atoms with E-state index in [1.807, 2.05) is 30.0 Å². The molecule has 3 rings (SSSR count). The van der Waals surface area contributed by atoms with Gasteiger partial charge in [-0.25, -0.2) is 9.97 Å². The molecule has 2 heterocycles. The van der Waals surface area contributed by atoms with Crippen LogP contribution in [0.4, 0.5) is 5.82 Å². The molecule has 0 bridgehead atoms. The van der Waals surface area contributed by atoms with Gasteiger partial charge in [0.2, 0.25) is 5.91 Å². The predicted octanol–water partition coefficient (Wildman–Crippen LogP) is 2.46. The number of hydrogen-bond donors (Lipinski definition) is 1. The van der Waals surface area contributed by atoms with Crippen LogP contribution < -0.4 is 19.7 Å². The van der Waals surface area contributed by atoms with Crippen molar-refractivity contribution in [3.05, 3.63) is 36.2 Å². The van der Waals surface area contributed by atoms with Gasteiger partial charge in [0, 0.05) is 49.1 Å². The number of hydrogen-bond acceptors (Lipinski definition) is 8. The molecule has 28 heavy (non-hydrogen) atoms. The molecule has 1 saturated heterocycles. The van der Waals surface area contributed by atoms with Gasteiger partial charge < -0.3 is 19.7 Å². The largest absolute Gasteiger partial charge is 0.493 e. The van der Waals surface area contributed by atoms with Crippen LogP contribution in [0.15, 0.2) is 35.6 Å². The van der Waals surface area contributed by atoms with Gasteiger partial charge in [0.05, 0.1) is 20.0 Å². The van der Waals surface area contributed by atoms with E-state index in [4.69, 9.17) is 9.47 Å². The van der Waals surface area contributed by atoms with Crippen LogP contribution in [0, 0.1) is 0 Å². The Labute approximate surface area is 173 Å². The van der Waals surface area contributed by atoms with Crippen LogP contribution in [0.1, 0.15) is 5.56 Å². The summed E-state index contributed by atoms with van der Waals surface area (Å²) < 4.78 is 10.7. The van der Waals surface area contributed by atoms with Crippen molar-refractivity contribution in [2.24, 2.45) is 0 Å². The summed E-state index contributed by atoms with van der Waals surface area (Å²) in [6.45, 7) is 2.29. The van der Waals surface area contributed by atoms with Crippen molar-refractivity contribution in [3.8, 4) is 11.5 Å². The zero-order valence-electron chi connectivity index (χ0n) is 16.0. The summed E-state index contributed by atoms with van der Waals surface area (Å²) >= 11 is 3.36. The highest BCUT2D eigenvalue weighted by atomic mass is 32.2. The molecule has 1 N–H and O–H groups in total. The van der Waals surface area contributed by atoms with Gasteiger partial charge in [-0.1, -0.05) is 23.9 Å². The number of nitrogens with zero attached hydrogens (tertiary/aromatic N) is 3. The van der Waals surface area contributed by atoms with E-state index in [0.29, 0.717) is 18.0 Å². The average molecular weight is 421 g/mol. The van der Waals surface area contributed by atoms with Gasteiger partial charge in [0.25, 0.3) is 0 Å². The highest BCUT2D eigenvalue weighted by Gasteiger charge is 2.18. The highest BCUT2D eigenvalue weighted by Crippen LogP contribution is 2.31. The Kier molecular flexibility index (Phi) is 7.67. The standard InChI is InChI=1S/C19H24N4O3S2/c1-25-15-5-3-4-14(17(15)26-2)12-22-16(24)13-28-19-18(20-6-7-21-19)23-8-10-27-11-9-23/h3-7H,8-13H2,1-2H3,(H,22,24). The summed E-state index contributed by atoms with van der Waals surface area (Å²) in [5.74, 6) is 4.54. The molecule has 150 valence electrons. The molecular weight excluding hydrogens is 396 g/mol. The Morgan fingerprint density at radius 1 is 1.21 bits per heavy atom. The second-order valence-corrected chi connectivity index (χ2v) is 8.19. The molecule has 0 unspecified atom stereocenters. The third-order valence-corrected chi connectivity index (χ3v) is 6.17. The Hall–Kier alpha value is -2.13. The molecule has 1 amide bonds.